The Bertz CT molecular complexity index is 359. The first-order valence-electron chi connectivity index (χ1n) is 2.46. The van der Waals surface area contributed by atoms with E-state index in [2.05, 4.69) is 20.4 Å². The first-order chi connectivity index (χ1) is 4.88. The summed E-state index contributed by atoms with van der Waals surface area (Å²) in [6, 6.07) is 0. The van der Waals surface area contributed by atoms with Gasteiger partial charge in [-0.25, -0.2) is 4.98 Å². The van der Waals surface area contributed by atoms with E-state index in [1.807, 2.05) is 0 Å². The Labute approximate surface area is 64.9 Å². The lowest BCUT2D eigenvalue weighted by Crippen LogP contribution is -1.86. The zero-order valence-electron chi connectivity index (χ0n) is 4.65. The molecule has 0 aliphatic rings. The van der Waals surface area contributed by atoms with E-state index in [1.165, 1.54) is 11.3 Å². The normalized spacial score (nSPS) is 10.5. The van der Waals surface area contributed by atoms with Gasteiger partial charge >= 0.3 is 0 Å². The molecule has 0 unspecified atom stereocenters. The van der Waals surface area contributed by atoms with Crippen LogP contribution in [-0.2, 0) is 0 Å². The molecule has 0 aliphatic heterocycles. The number of rotatable bonds is 0. The molecule has 6 heteroatoms. The topological polar surface area (TPSA) is 51.6 Å². The summed E-state index contributed by atoms with van der Waals surface area (Å²) in [6.45, 7) is 0. The number of thiazole rings is 1. The van der Waals surface area contributed by atoms with Gasteiger partial charge in [-0.05, 0) is 5.21 Å². The number of halogens is 1. The third kappa shape index (κ3) is 0.748. The van der Waals surface area contributed by atoms with E-state index in [1.54, 1.807) is 5.51 Å². The highest BCUT2D eigenvalue weighted by molar-refractivity contribution is 7.17. The summed E-state index contributed by atoms with van der Waals surface area (Å²) in [5.74, 6) is 0. The van der Waals surface area contributed by atoms with Crippen molar-refractivity contribution in [2.75, 3.05) is 0 Å². The van der Waals surface area contributed by atoms with Crippen LogP contribution < -0.4 is 0 Å². The molecule has 0 radical (unpaired) electrons. The summed E-state index contributed by atoms with van der Waals surface area (Å²) < 4.78 is 0.789. The van der Waals surface area contributed by atoms with Crippen molar-refractivity contribution in [3.05, 3.63) is 10.7 Å². The number of fused-ring (bicyclic) bond motifs is 1. The maximum atomic E-state index is 5.66. The van der Waals surface area contributed by atoms with Gasteiger partial charge in [-0.1, -0.05) is 11.6 Å². The van der Waals surface area contributed by atoms with Crippen LogP contribution in [-0.4, -0.2) is 20.4 Å². The Morgan fingerprint density at radius 3 is 3.10 bits per heavy atom. The average Bonchev–Trinajstić information content (AvgIpc) is 2.36. The van der Waals surface area contributed by atoms with Crippen LogP contribution in [0.1, 0.15) is 0 Å². The molecule has 0 aromatic carbocycles. The number of hydrogen-bond donors (Lipinski definition) is 0. The molecule has 0 bridgehead atoms. The quantitative estimate of drug-likeness (QED) is 0.598. The molecular weight excluding hydrogens is 172 g/mol. The molecule has 2 aromatic heterocycles. The predicted octanol–water partition coefficient (Wildman–Crippen LogP) is 1.13. The summed E-state index contributed by atoms with van der Waals surface area (Å²) in [5, 5.41) is 11.0. The fraction of sp³-hybridized carbons (Fsp3) is 0. The van der Waals surface area contributed by atoms with Gasteiger partial charge in [0.1, 0.15) is 4.70 Å². The maximum Gasteiger partial charge on any atom is 0.197 e. The van der Waals surface area contributed by atoms with E-state index in [-0.39, 0.29) is 0 Å². The predicted molar refractivity (Wildman–Crippen MR) is 38.0 cm³/mol. The minimum Gasteiger partial charge on any atom is -0.223 e. The van der Waals surface area contributed by atoms with Crippen LogP contribution in [0.2, 0.25) is 5.15 Å². The van der Waals surface area contributed by atoms with Crippen LogP contribution in [0, 0.1) is 0 Å². The van der Waals surface area contributed by atoms with Crippen LogP contribution in [0.25, 0.3) is 10.3 Å². The first-order valence-corrected chi connectivity index (χ1v) is 3.72. The van der Waals surface area contributed by atoms with Crippen LogP contribution >= 0.6 is 22.9 Å². The highest BCUT2D eigenvalue weighted by Crippen LogP contribution is 2.20. The molecule has 2 aromatic rings. The van der Waals surface area contributed by atoms with Gasteiger partial charge in [-0.2, -0.15) is 0 Å². The van der Waals surface area contributed by atoms with E-state index < -0.39 is 0 Å². The van der Waals surface area contributed by atoms with Crippen LogP contribution in [0.3, 0.4) is 0 Å². The molecular formula is C4HClN4S. The molecule has 0 amide bonds. The first kappa shape index (κ1) is 5.94. The van der Waals surface area contributed by atoms with Crippen molar-refractivity contribution in [3.8, 4) is 0 Å². The van der Waals surface area contributed by atoms with Gasteiger partial charge in [-0.3, -0.25) is 0 Å². The second kappa shape index (κ2) is 2.10. The Morgan fingerprint density at radius 1 is 1.40 bits per heavy atom. The summed E-state index contributed by atoms with van der Waals surface area (Å²) in [6.07, 6.45) is 0. The number of aromatic nitrogens is 4. The second-order valence-electron chi connectivity index (χ2n) is 1.59. The lowest BCUT2D eigenvalue weighted by atomic mass is 10.6. The molecule has 2 rings (SSSR count). The molecule has 50 valence electrons. The minimum absolute atomic E-state index is 0.368. The molecule has 4 nitrogen and oxygen atoms in total. The van der Waals surface area contributed by atoms with Crippen molar-refractivity contribution in [2.24, 2.45) is 0 Å². The summed E-state index contributed by atoms with van der Waals surface area (Å²) in [4.78, 5) is 3.90. The van der Waals surface area contributed by atoms with E-state index in [0.29, 0.717) is 10.8 Å². The van der Waals surface area contributed by atoms with Crippen molar-refractivity contribution < 1.29 is 0 Å². The highest BCUT2D eigenvalue weighted by atomic mass is 35.5. The molecule has 0 fully saturated rings. The van der Waals surface area contributed by atoms with E-state index in [0.717, 1.165) is 4.70 Å². The van der Waals surface area contributed by atoms with E-state index in [9.17, 15) is 0 Å². The molecule has 0 spiro atoms. The molecule has 2 heterocycles. The van der Waals surface area contributed by atoms with Crippen LogP contribution in [0.4, 0.5) is 0 Å². The summed E-state index contributed by atoms with van der Waals surface area (Å²) in [5.41, 5.74) is 2.22. The maximum absolute atomic E-state index is 5.66. The van der Waals surface area contributed by atoms with Gasteiger partial charge in [-0.15, -0.1) is 21.5 Å². The van der Waals surface area contributed by atoms with Gasteiger partial charge < -0.3 is 0 Å². The zero-order chi connectivity index (χ0) is 6.97. The van der Waals surface area contributed by atoms with Crippen molar-refractivity contribution in [3.63, 3.8) is 0 Å². The Morgan fingerprint density at radius 2 is 2.30 bits per heavy atom. The zero-order valence-corrected chi connectivity index (χ0v) is 6.22. The standard InChI is InChI=1S/C4HClN4S/c5-3-2-4(6-1-10-2)8-9-7-3/h1H. The van der Waals surface area contributed by atoms with Crippen LogP contribution in [0.15, 0.2) is 5.51 Å². The van der Waals surface area contributed by atoms with Gasteiger partial charge in [0.15, 0.2) is 10.8 Å². The monoisotopic (exact) mass is 172 g/mol. The average molecular weight is 173 g/mol. The minimum atomic E-state index is 0.368. The molecule has 0 atom stereocenters. The molecule has 10 heavy (non-hydrogen) atoms. The van der Waals surface area contributed by atoms with Crippen LogP contribution in [0.5, 0.6) is 0 Å². The fourth-order valence-corrected chi connectivity index (χ4v) is 1.45. The summed E-state index contributed by atoms with van der Waals surface area (Å²) in [7, 11) is 0. The highest BCUT2D eigenvalue weighted by Gasteiger charge is 2.02. The third-order valence-corrected chi connectivity index (χ3v) is 2.21. The molecule has 0 saturated heterocycles. The molecule has 0 N–H and O–H groups in total. The second-order valence-corrected chi connectivity index (χ2v) is 2.80. The van der Waals surface area contributed by atoms with Crippen molar-refractivity contribution in [1.82, 2.24) is 20.4 Å². The van der Waals surface area contributed by atoms with E-state index >= 15 is 0 Å². The van der Waals surface area contributed by atoms with Gasteiger partial charge in [0, 0.05) is 0 Å². The largest absolute Gasteiger partial charge is 0.223 e. The van der Waals surface area contributed by atoms with Gasteiger partial charge in [0.05, 0.1) is 5.51 Å². The Hall–Kier alpha value is -0.810. The molecule has 0 aliphatic carbocycles. The van der Waals surface area contributed by atoms with Crippen molar-refractivity contribution in [1.29, 1.82) is 0 Å². The SMILES string of the molecule is Clc1nnnc2ncsc12. The Balaban J connectivity index is 2.95. The van der Waals surface area contributed by atoms with Gasteiger partial charge in [0.25, 0.3) is 0 Å². The number of nitrogens with zero attached hydrogens (tertiary/aromatic N) is 4. The number of hydrogen-bond acceptors (Lipinski definition) is 5. The van der Waals surface area contributed by atoms with Crippen molar-refractivity contribution in [2.45, 2.75) is 0 Å². The smallest absolute Gasteiger partial charge is 0.197 e. The summed E-state index contributed by atoms with van der Waals surface area (Å²) >= 11 is 7.06. The third-order valence-electron chi connectivity index (χ3n) is 1.01. The van der Waals surface area contributed by atoms with Crippen molar-refractivity contribution >= 4 is 33.3 Å². The fourth-order valence-electron chi connectivity index (χ4n) is 0.602. The Kier molecular flexibility index (Phi) is 1.25. The molecule has 0 saturated carbocycles. The lowest BCUT2D eigenvalue weighted by Gasteiger charge is -1.84. The van der Waals surface area contributed by atoms with E-state index in [4.69, 9.17) is 11.6 Å². The van der Waals surface area contributed by atoms with Gasteiger partial charge in [0.2, 0.25) is 0 Å². The lowest BCUT2D eigenvalue weighted by molar-refractivity contribution is 0.890.